The van der Waals surface area contributed by atoms with Crippen LogP contribution in [0.4, 0.5) is 0 Å². The fourth-order valence-electron chi connectivity index (χ4n) is 5.81. The molecule has 0 heterocycles. The molecule has 1 aromatic carbocycles. The minimum Gasteiger partial charge on any atom is -0.490 e. The summed E-state index contributed by atoms with van der Waals surface area (Å²) in [6, 6.07) is 4.92. The molecule has 0 amide bonds. The maximum atomic E-state index is 5.93. The Morgan fingerprint density at radius 3 is 2.27 bits per heavy atom. The van der Waals surface area contributed by atoms with E-state index in [2.05, 4.69) is 33.4 Å². The summed E-state index contributed by atoms with van der Waals surface area (Å²) in [5, 5.41) is 3.93. The number of halogens is 1. The van der Waals surface area contributed by atoms with Gasteiger partial charge in [0.05, 0.1) is 12.7 Å². The van der Waals surface area contributed by atoms with Gasteiger partial charge in [-0.2, -0.15) is 0 Å². The molecule has 0 unspecified atom stereocenters. The standard InChI is InChI=1S/C22H32BrNO2/c1-4-25-20-10-18(19(23)11-21(20)26-13(2)3)12-24-22-16-6-14-5-15(8-16)9-17(22)7-14/h10-11,13-17,22,24H,4-9,12H2,1-3H3. The van der Waals surface area contributed by atoms with E-state index in [0.717, 1.165) is 46.2 Å². The van der Waals surface area contributed by atoms with Crippen molar-refractivity contribution in [3.05, 3.63) is 22.2 Å². The topological polar surface area (TPSA) is 30.5 Å². The summed E-state index contributed by atoms with van der Waals surface area (Å²) in [5.74, 6) is 5.54. The number of hydrogen-bond acceptors (Lipinski definition) is 3. The van der Waals surface area contributed by atoms with E-state index in [1.54, 1.807) is 0 Å². The van der Waals surface area contributed by atoms with Gasteiger partial charge in [0, 0.05) is 17.1 Å². The quantitative estimate of drug-likeness (QED) is 0.625. The smallest absolute Gasteiger partial charge is 0.162 e. The Bertz CT molecular complexity index is 617. The molecule has 3 nitrogen and oxygen atoms in total. The molecule has 144 valence electrons. The summed E-state index contributed by atoms with van der Waals surface area (Å²) >= 11 is 3.75. The zero-order chi connectivity index (χ0) is 18.3. The first-order valence-corrected chi connectivity index (χ1v) is 11.2. The molecule has 0 spiro atoms. The highest BCUT2D eigenvalue weighted by Crippen LogP contribution is 2.53. The van der Waals surface area contributed by atoms with E-state index in [1.807, 2.05) is 20.8 Å². The fourth-order valence-corrected chi connectivity index (χ4v) is 6.28. The maximum Gasteiger partial charge on any atom is 0.162 e. The van der Waals surface area contributed by atoms with Gasteiger partial charge < -0.3 is 14.8 Å². The summed E-state index contributed by atoms with van der Waals surface area (Å²) in [4.78, 5) is 0. The number of benzene rings is 1. The Morgan fingerprint density at radius 1 is 1.04 bits per heavy atom. The first-order chi connectivity index (χ1) is 12.5. The SMILES string of the molecule is CCOc1cc(CNC2C3CC4CC(C3)CC2C4)c(Br)cc1OC(C)C. The summed E-state index contributed by atoms with van der Waals surface area (Å²) in [6.45, 7) is 7.67. The zero-order valence-corrected chi connectivity index (χ0v) is 17.8. The van der Waals surface area contributed by atoms with Gasteiger partial charge in [-0.15, -0.1) is 0 Å². The molecule has 4 aliphatic carbocycles. The summed E-state index contributed by atoms with van der Waals surface area (Å²) in [7, 11) is 0. The molecule has 0 radical (unpaired) electrons. The third-order valence-electron chi connectivity index (χ3n) is 6.53. The van der Waals surface area contributed by atoms with Crippen LogP contribution in [-0.4, -0.2) is 18.8 Å². The molecule has 4 bridgehead atoms. The molecule has 5 rings (SSSR count). The number of rotatable bonds is 7. The van der Waals surface area contributed by atoms with Crippen molar-refractivity contribution in [2.24, 2.45) is 23.7 Å². The molecule has 26 heavy (non-hydrogen) atoms. The van der Waals surface area contributed by atoms with E-state index < -0.39 is 0 Å². The van der Waals surface area contributed by atoms with E-state index in [0.29, 0.717) is 12.6 Å². The maximum absolute atomic E-state index is 5.93. The van der Waals surface area contributed by atoms with Gasteiger partial charge in [-0.1, -0.05) is 15.9 Å². The van der Waals surface area contributed by atoms with Crippen LogP contribution in [0.25, 0.3) is 0 Å². The van der Waals surface area contributed by atoms with Gasteiger partial charge in [-0.3, -0.25) is 0 Å². The lowest BCUT2D eigenvalue weighted by atomic mass is 9.54. The molecule has 1 N–H and O–H groups in total. The molecule has 0 aromatic heterocycles. The Hall–Kier alpha value is -0.740. The Labute approximate surface area is 166 Å². The molecular weight excluding hydrogens is 390 g/mol. The highest BCUT2D eigenvalue weighted by atomic mass is 79.9. The normalized spacial score (nSPS) is 32.3. The van der Waals surface area contributed by atoms with Gasteiger partial charge in [0.1, 0.15) is 0 Å². The van der Waals surface area contributed by atoms with Gasteiger partial charge in [0.2, 0.25) is 0 Å². The van der Waals surface area contributed by atoms with Crippen LogP contribution in [0.15, 0.2) is 16.6 Å². The zero-order valence-electron chi connectivity index (χ0n) is 16.3. The van der Waals surface area contributed by atoms with Crippen LogP contribution >= 0.6 is 15.9 Å². The van der Waals surface area contributed by atoms with Crippen molar-refractivity contribution >= 4 is 15.9 Å². The summed E-state index contributed by atoms with van der Waals surface area (Å²) in [5.41, 5.74) is 1.26. The van der Waals surface area contributed by atoms with E-state index in [9.17, 15) is 0 Å². The van der Waals surface area contributed by atoms with Crippen LogP contribution < -0.4 is 14.8 Å². The van der Waals surface area contributed by atoms with Crippen LogP contribution in [0.2, 0.25) is 0 Å². The number of ether oxygens (including phenoxy) is 2. The molecule has 4 saturated carbocycles. The van der Waals surface area contributed by atoms with E-state index in [1.165, 1.54) is 37.7 Å². The fraction of sp³-hybridized carbons (Fsp3) is 0.727. The lowest BCUT2D eigenvalue weighted by Crippen LogP contribution is -2.54. The second kappa shape index (κ2) is 7.71. The average Bonchev–Trinajstić information content (AvgIpc) is 2.56. The van der Waals surface area contributed by atoms with E-state index in [-0.39, 0.29) is 6.10 Å². The third kappa shape index (κ3) is 3.77. The summed E-state index contributed by atoms with van der Waals surface area (Å²) in [6.07, 6.45) is 7.47. The predicted octanol–water partition coefficient (Wildman–Crippen LogP) is 5.55. The highest BCUT2D eigenvalue weighted by Gasteiger charge is 2.47. The molecule has 0 aliphatic heterocycles. The van der Waals surface area contributed by atoms with Gasteiger partial charge in [0.25, 0.3) is 0 Å². The summed E-state index contributed by atoms with van der Waals surface area (Å²) < 4.78 is 12.9. The lowest BCUT2D eigenvalue weighted by Gasteiger charge is -2.54. The number of nitrogens with one attached hydrogen (secondary N) is 1. The molecular formula is C22H32BrNO2. The number of hydrogen-bond donors (Lipinski definition) is 1. The minimum atomic E-state index is 0.137. The Kier molecular flexibility index (Phi) is 5.52. The van der Waals surface area contributed by atoms with Gasteiger partial charge >= 0.3 is 0 Å². The van der Waals surface area contributed by atoms with Gasteiger partial charge in [-0.05, 0) is 94.2 Å². The predicted molar refractivity (Wildman–Crippen MR) is 109 cm³/mol. The molecule has 1 aromatic rings. The molecule has 0 atom stereocenters. The second-order valence-corrected chi connectivity index (χ2v) is 9.68. The first-order valence-electron chi connectivity index (χ1n) is 10.4. The van der Waals surface area contributed by atoms with E-state index >= 15 is 0 Å². The molecule has 0 saturated heterocycles. The van der Waals surface area contributed by atoms with Crippen molar-refractivity contribution in [1.29, 1.82) is 0 Å². The molecule has 4 aliphatic rings. The lowest BCUT2D eigenvalue weighted by molar-refractivity contribution is -0.0142. The van der Waals surface area contributed by atoms with E-state index in [4.69, 9.17) is 9.47 Å². The first kappa shape index (κ1) is 18.6. The van der Waals surface area contributed by atoms with Crippen molar-refractivity contribution in [3.63, 3.8) is 0 Å². The highest BCUT2D eigenvalue weighted by molar-refractivity contribution is 9.10. The van der Waals surface area contributed by atoms with Gasteiger partial charge in [0.15, 0.2) is 11.5 Å². The molecule has 4 fully saturated rings. The minimum absolute atomic E-state index is 0.137. The third-order valence-corrected chi connectivity index (χ3v) is 7.27. The van der Waals surface area contributed by atoms with Crippen LogP contribution in [0, 0.1) is 23.7 Å². The van der Waals surface area contributed by atoms with Crippen molar-refractivity contribution in [1.82, 2.24) is 5.32 Å². The molecule has 4 heteroatoms. The Balaban J connectivity index is 1.47. The average molecular weight is 422 g/mol. The van der Waals surface area contributed by atoms with Gasteiger partial charge in [-0.25, -0.2) is 0 Å². The van der Waals surface area contributed by atoms with Crippen molar-refractivity contribution < 1.29 is 9.47 Å². The van der Waals surface area contributed by atoms with Crippen molar-refractivity contribution in [3.8, 4) is 11.5 Å². The van der Waals surface area contributed by atoms with Crippen molar-refractivity contribution in [2.45, 2.75) is 71.6 Å². The van der Waals surface area contributed by atoms with Crippen molar-refractivity contribution in [2.75, 3.05) is 6.61 Å². The van der Waals surface area contributed by atoms with Crippen LogP contribution in [0.5, 0.6) is 11.5 Å². The van der Waals surface area contributed by atoms with Crippen LogP contribution in [0.1, 0.15) is 58.4 Å². The largest absolute Gasteiger partial charge is 0.490 e. The Morgan fingerprint density at radius 2 is 1.69 bits per heavy atom. The second-order valence-electron chi connectivity index (χ2n) is 8.83. The van der Waals surface area contributed by atoms with Crippen LogP contribution in [-0.2, 0) is 6.54 Å². The monoisotopic (exact) mass is 421 g/mol. The van der Waals surface area contributed by atoms with Crippen LogP contribution in [0.3, 0.4) is 0 Å².